The maximum Gasteiger partial charge on any atom is 0.235 e. The molecule has 3 rings (SSSR count). The largest absolute Gasteiger partial charge is 0.378 e. The minimum Gasteiger partial charge on any atom is -0.378 e. The van der Waals surface area contributed by atoms with E-state index < -0.39 is 11.4 Å². The molecule has 2 aliphatic rings. The second kappa shape index (κ2) is 5.85. The van der Waals surface area contributed by atoms with Crippen molar-refractivity contribution in [2.75, 3.05) is 13.2 Å². The molecule has 1 heterocycles. The lowest BCUT2D eigenvalue weighted by molar-refractivity contribution is -0.195. The molecule has 0 radical (unpaired) electrons. The third-order valence-electron chi connectivity index (χ3n) is 4.34. The molecule has 1 saturated heterocycles. The van der Waals surface area contributed by atoms with Crippen LogP contribution < -0.4 is 0 Å². The molecule has 0 amide bonds. The highest BCUT2D eigenvalue weighted by atomic mass is 16.7. The molecule has 1 N–H and O–H groups in total. The van der Waals surface area contributed by atoms with Gasteiger partial charge in [0, 0.05) is 18.4 Å². The van der Waals surface area contributed by atoms with E-state index in [2.05, 4.69) is 11.8 Å². The molecule has 0 aromatic heterocycles. The maximum atomic E-state index is 12.1. The molecule has 0 bridgehead atoms. The van der Waals surface area contributed by atoms with Gasteiger partial charge in [-0.1, -0.05) is 29.7 Å². The Morgan fingerprint density at radius 1 is 1.18 bits per heavy atom. The van der Waals surface area contributed by atoms with E-state index in [1.807, 2.05) is 19.1 Å². The molecule has 1 saturated carbocycles. The summed E-state index contributed by atoms with van der Waals surface area (Å²) < 4.78 is 11.3. The van der Waals surface area contributed by atoms with Crippen molar-refractivity contribution < 1.29 is 19.4 Å². The van der Waals surface area contributed by atoms with Crippen molar-refractivity contribution in [2.24, 2.45) is 0 Å². The molecular formula is C18H20O4. The second-order valence-corrected chi connectivity index (χ2v) is 6.09. The van der Waals surface area contributed by atoms with Crippen LogP contribution in [0.3, 0.4) is 0 Å². The van der Waals surface area contributed by atoms with Gasteiger partial charge in [0.1, 0.15) is 5.60 Å². The average Bonchev–Trinajstić information content (AvgIpc) is 2.97. The van der Waals surface area contributed by atoms with Crippen molar-refractivity contribution in [1.82, 2.24) is 0 Å². The normalized spacial score (nSPS) is 22.1. The fraction of sp³-hybridized carbons (Fsp3) is 0.500. The van der Waals surface area contributed by atoms with E-state index in [1.165, 1.54) is 0 Å². The van der Waals surface area contributed by atoms with E-state index in [-0.39, 0.29) is 5.78 Å². The summed E-state index contributed by atoms with van der Waals surface area (Å²) in [5.41, 5.74) is 0.451. The van der Waals surface area contributed by atoms with Crippen LogP contribution in [-0.2, 0) is 9.47 Å². The third kappa shape index (κ3) is 3.22. The molecule has 1 spiro atoms. The topological polar surface area (TPSA) is 55.8 Å². The monoisotopic (exact) mass is 300 g/mol. The first kappa shape index (κ1) is 15.2. The van der Waals surface area contributed by atoms with E-state index >= 15 is 0 Å². The van der Waals surface area contributed by atoms with E-state index in [1.54, 1.807) is 12.1 Å². The zero-order valence-electron chi connectivity index (χ0n) is 12.7. The summed E-state index contributed by atoms with van der Waals surface area (Å²) in [7, 11) is 0. The zero-order valence-corrected chi connectivity index (χ0v) is 12.7. The molecule has 0 atom stereocenters. The first-order valence-corrected chi connectivity index (χ1v) is 7.65. The number of benzene rings is 1. The Kier molecular flexibility index (Phi) is 4.05. The number of ketones is 1. The van der Waals surface area contributed by atoms with Gasteiger partial charge in [-0.2, -0.15) is 0 Å². The molecule has 1 aliphatic carbocycles. The van der Waals surface area contributed by atoms with Crippen molar-refractivity contribution >= 4 is 5.78 Å². The maximum absolute atomic E-state index is 12.1. The number of Topliss-reactive ketones (excluding diaryl/α,β-unsaturated/α-hetero) is 1. The van der Waals surface area contributed by atoms with Gasteiger partial charge in [-0.05, 0) is 31.8 Å². The summed E-state index contributed by atoms with van der Waals surface area (Å²) >= 11 is 0. The van der Waals surface area contributed by atoms with Crippen molar-refractivity contribution in [1.29, 1.82) is 0 Å². The number of aryl methyl sites for hydroxylation is 1. The summed E-state index contributed by atoms with van der Waals surface area (Å²) in [6.07, 6.45) is 2.13. The first-order valence-electron chi connectivity index (χ1n) is 7.65. The Morgan fingerprint density at radius 3 is 2.50 bits per heavy atom. The average molecular weight is 300 g/mol. The van der Waals surface area contributed by atoms with E-state index in [0.29, 0.717) is 44.5 Å². The highest BCUT2D eigenvalue weighted by Gasteiger charge is 2.44. The predicted molar refractivity (Wildman–Crippen MR) is 81.3 cm³/mol. The van der Waals surface area contributed by atoms with Crippen LogP contribution in [0.4, 0.5) is 0 Å². The molecule has 1 aromatic carbocycles. The third-order valence-corrected chi connectivity index (χ3v) is 4.34. The fourth-order valence-corrected chi connectivity index (χ4v) is 2.99. The molecule has 116 valence electrons. The van der Waals surface area contributed by atoms with Crippen molar-refractivity contribution in [3.63, 3.8) is 0 Å². The number of ether oxygens (including phenoxy) is 2. The standard InChI is InChI=1S/C18H20O4/c1-14-3-2-4-15(13-14)16(19)5-6-17(20)7-9-18(10-8-17)21-11-12-22-18/h2-4,13,20H,7-12H2,1H3. The molecule has 2 fully saturated rings. The van der Waals surface area contributed by atoms with Crippen LogP contribution in [-0.4, -0.2) is 35.5 Å². The molecule has 4 nitrogen and oxygen atoms in total. The van der Waals surface area contributed by atoms with Gasteiger partial charge in [-0.25, -0.2) is 0 Å². The van der Waals surface area contributed by atoms with Crippen LogP contribution in [0, 0.1) is 18.8 Å². The van der Waals surface area contributed by atoms with Gasteiger partial charge in [0.05, 0.1) is 13.2 Å². The zero-order chi connectivity index (χ0) is 15.6. The smallest absolute Gasteiger partial charge is 0.235 e. The fourth-order valence-electron chi connectivity index (χ4n) is 2.99. The molecule has 22 heavy (non-hydrogen) atoms. The quantitative estimate of drug-likeness (QED) is 0.491. The number of aliphatic hydroxyl groups is 1. The number of carbonyl (C=O) groups excluding carboxylic acids is 1. The van der Waals surface area contributed by atoms with Crippen LogP contribution in [0.25, 0.3) is 0 Å². The van der Waals surface area contributed by atoms with Gasteiger partial charge < -0.3 is 14.6 Å². The van der Waals surface area contributed by atoms with Crippen LogP contribution in [0.1, 0.15) is 41.6 Å². The Bertz CT molecular complexity index is 622. The number of hydrogen-bond acceptors (Lipinski definition) is 4. The summed E-state index contributed by atoms with van der Waals surface area (Å²) in [5, 5.41) is 10.5. The van der Waals surface area contributed by atoms with E-state index in [4.69, 9.17) is 9.47 Å². The van der Waals surface area contributed by atoms with Crippen molar-refractivity contribution in [2.45, 2.75) is 44.0 Å². The van der Waals surface area contributed by atoms with Gasteiger partial charge in [0.25, 0.3) is 0 Å². The molecule has 4 heteroatoms. The van der Waals surface area contributed by atoms with Gasteiger partial charge in [-0.3, -0.25) is 4.79 Å². The van der Waals surface area contributed by atoms with Crippen LogP contribution >= 0.6 is 0 Å². The second-order valence-electron chi connectivity index (χ2n) is 6.09. The molecule has 1 aromatic rings. The minimum atomic E-state index is -1.12. The van der Waals surface area contributed by atoms with Gasteiger partial charge in [0.2, 0.25) is 5.78 Å². The lowest BCUT2D eigenvalue weighted by Crippen LogP contribution is -2.42. The van der Waals surface area contributed by atoms with E-state index in [0.717, 1.165) is 5.56 Å². The number of carbonyl (C=O) groups is 1. The van der Waals surface area contributed by atoms with Crippen LogP contribution in [0.2, 0.25) is 0 Å². The summed E-state index contributed by atoms with van der Waals surface area (Å²) in [4.78, 5) is 12.1. The SMILES string of the molecule is Cc1cccc(C(=O)C#CC2(O)CCC3(CC2)OCCO3)c1. The summed E-state index contributed by atoms with van der Waals surface area (Å²) in [6, 6.07) is 7.30. The Hall–Kier alpha value is -1.67. The van der Waals surface area contributed by atoms with Gasteiger partial charge >= 0.3 is 0 Å². The van der Waals surface area contributed by atoms with E-state index in [9.17, 15) is 9.90 Å². The van der Waals surface area contributed by atoms with Crippen LogP contribution in [0.5, 0.6) is 0 Å². The lowest BCUT2D eigenvalue weighted by Gasteiger charge is -2.37. The minimum absolute atomic E-state index is 0.259. The summed E-state index contributed by atoms with van der Waals surface area (Å²) in [5.74, 6) is 4.57. The molecule has 0 unspecified atom stereocenters. The first-order chi connectivity index (χ1) is 10.5. The van der Waals surface area contributed by atoms with Crippen molar-refractivity contribution in [3.8, 4) is 11.8 Å². The highest BCUT2D eigenvalue weighted by Crippen LogP contribution is 2.39. The lowest BCUT2D eigenvalue weighted by atomic mass is 9.81. The highest BCUT2D eigenvalue weighted by molar-refractivity contribution is 6.09. The Balaban J connectivity index is 1.67. The van der Waals surface area contributed by atoms with Gasteiger partial charge in [-0.15, -0.1) is 0 Å². The van der Waals surface area contributed by atoms with Crippen LogP contribution in [0.15, 0.2) is 24.3 Å². The Morgan fingerprint density at radius 2 is 1.86 bits per heavy atom. The predicted octanol–water partition coefficient (Wildman–Crippen LogP) is 2.23. The Labute approximate surface area is 130 Å². The number of rotatable bonds is 1. The number of hydrogen-bond donors (Lipinski definition) is 1. The molecule has 1 aliphatic heterocycles. The summed E-state index contributed by atoms with van der Waals surface area (Å²) in [6.45, 7) is 3.14. The van der Waals surface area contributed by atoms with Crippen molar-refractivity contribution in [3.05, 3.63) is 35.4 Å². The van der Waals surface area contributed by atoms with Gasteiger partial charge in [0.15, 0.2) is 5.79 Å². The molecular weight excluding hydrogens is 280 g/mol.